The Hall–Kier alpha value is -3.46. The second-order valence-electron chi connectivity index (χ2n) is 9.18. The van der Waals surface area contributed by atoms with E-state index in [4.69, 9.17) is 0 Å². The van der Waals surface area contributed by atoms with E-state index in [1.54, 1.807) is 12.1 Å². The van der Waals surface area contributed by atoms with E-state index in [1.807, 2.05) is 32.0 Å². The molecule has 0 unspecified atom stereocenters. The van der Waals surface area contributed by atoms with Gasteiger partial charge in [0.1, 0.15) is 11.9 Å². The van der Waals surface area contributed by atoms with Gasteiger partial charge in [-0.25, -0.2) is 4.39 Å². The Morgan fingerprint density at radius 3 is 2.40 bits per heavy atom. The van der Waals surface area contributed by atoms with Crippen molar-refractivity contribution in [3.05, 3.63) is 59.4 Å². The molecular weight excluding hydrogens is 449 g/mol. The lowest BCUT2D eigenvalue weighted by Gasteiger charge is -2.39. The van der Waals surface area contributed by atoms with Gasteiger partial charge in [-0.05, 0) is 61.4 Å². The van der Waals surface area contributed by atoms with Crippen LogP contribution in [-0.2, 0) is 14.4 Å². The molecule has 9 heteroatoms. The Morgan fingerprint density at radius 2 is 1.71 bits per heavy atom. The zero-order valence-corrected chi connectivity index (χ0v) is 20.2. The molecule has 1 atom stereocenters. The summed E-state index contributed by atoms with van der Waals surface area (Å²) in [6, 6.07) is 11.2. The van der Waals surface area contributed by atoms with Crippen molar-refractivity contribution in [3.8, 4) is 0 Å². The van der Waals surface area contributed by atoms with E-state index in [9.17, 15) is 18.8 Å². The van der Waals surface area contributed by atoms with Gasteiger partial charge in [0.25, 0.3) is 0 Å². The lowest BCUT2D eigenvalue weighted by molar-refractivity contribution is -0.145. The molecule has 2 aliphatic rings. The fourth-order valence-electron chi connectivity index (χ4n) is 4.52. The van der Waals surface area contributed by atoms with Crippen LogP contribution in [0.2, 0.25) is 0 Å². The minimum atomic E-state index is -0.830. The van der Waals surface area contributed by atoms with Crippen LogP contribution in [-0.4, -0.2) is 79.4 Å². The van der Waals surface area contributed by atoms with Crippen LogP contribution in [0.15, 0.2) is 42.5 Å². The number of hydrogen-bond acceptors (Lipinski definition) is 5. The largest absolute Gasteiger partial charge is 0.369 e. The van der Waals surface area contributed by atoms with Gasteiger partial charge in [-0.1, -0.05) is 6.07 Å². The molecule has 2 aromatic carbocycles. The maximum absolute atomic E-state index is 13.2. The predicted octanol–water partition coefficient (Wildman–Crippen LogP) is 1.92. The maximum atomic E-state index is 13.2. The first-order valence-corrected chi connectivity index (χ1v) is 12.0. The Labute approximate surface area is 205 Å². The van der Waals surface area contributed by atoms with Crippen LogP contribution < -0.4 is 15.5 Å². The molecule has 2 aliphatic heterocycles. The monoisotopic (exact) mass is 481 g/mol. The molecule has 0 saturated carbocycles. The third-order valence-electron chi connectivity index (χ3n) is 6.74. The van der Waals surface area contributed by atoms with Gasteiger partial charge in [-0.3, -0.25) is 19.3 Å². The van der Waals surface area contributed by atoms with Gasteiger partial charge in [0.05, 0.1) is 13.0 Å². The molecule has 2 fully saturated rings. The lowest BCUT2D eigenvalue weighted by atomic mass is 10.1. The molecule has 0 aliphatic carbocycles. The zero-order valence-electron chi connectivity index (χ0n) is 20.2. The van der Waals surface area contributed by atoms with Crippen LogP contribution >= 0.6 is 0 Å². The van der Waals surface area contributed by atoms with Crippen LogP contribution in [0.4, 0.5) is 15.8 Å². The normalized spacial score (nSPS) is 18.8. The number of amides is 3. The van der Waals surface area contributed by atoms with E-state index in [2.05, 4.69) is 20.4 Å². The van der Waals surface area contributed by atoms with Crippen molar-refractivity contribution in [1.82, 2.24) is 15.1 Å². The molecule has 0 spiro atoms. The summed E-state index contributed by atoms with van der Waals surface area (Å²) in [7, 11) is 0. The molecule has 2 saturated heterocycles. The van der Waals surface area contributed by atoms with Crippen LogP contribution in [0.25, 0.3) is 0 Å². The lowest BCUT2D eigenvalue weighted by Crippen LogP contribution is -2.60. The van der Waals surface area contributed by atoms with Gasteiger partial charge in [0.2, 0.25) is 17.7 Å². The number of nitrogens with one attached hydrogen (secondary N) is 2. The van der Waals surface area contributed by atoms with E-state index < -0.39 is 6.04 Å². The summed E-state index contributed by atoms with van der Waals surface area (Å²) in [5.74, 6) is -1.03. The smallest absolute Gasteiger partial charge is 0.243 e. The highest BCUT2D eigenvalue weighted by atomic mass is 19.1. The van der Waals surface area contributed by atoms with Crippen molar-refractivity contribution >= 4 is 29.1 Å². The van der Waals surface area contributed by atoms with Crippen molar-refractivity contribution in [1.29, 1.82) is 0 Å². The number of benzene rings is 2. The fourth-order valence-corrected chi connectivity index (χ4v) is 4.52. The highest BCUT2D eigenvalue weighted by molar-refractivity contribution is 5.97. The van der Waals surface area contributed by atoms with Crippen LogP contribution in [0.5, 0.6) is 0 Å². The molecule has 0 radical (unpaired) electrons. The molecule has 3 amide bonds. The third kappa shape index (κ3) is 6.16. The average Bonchev–Trinajstić information content (AvgIpc) is 2.84. The van der Waals surface area contributed by atoms with Crippen molar-refractivity contribution in [3.63, 3.8) is 0 Å². The first-order chi connectivity index (χ1) is 16.8. The number of halogens is 1. The number of aryl methyl sites for hydroxylation is 2. The fraction of sp³-hybridized carbons (Fsp3) is 0.423. The first kappa shape index (κ1) is 24.7. The van der Waals surface area contributed by atoms with E-state index >= 15 is 0 Å². The minimum absolute atomic E-state index is 0.0944. The third-order valence-corrected chi connectivity index (χ3v) is 6.74. The van der Waals surface area contributed by atoms with Crippen LogP contribution in [0, 0.1) is 19.7 Å². The van der Waals surface area contributed by atoms with E-state index in [0.717, 1.165) is 29.9 Å². The predicted molar refractivity (Wildman–Crippen MR) is 133 cm³/mol. The second-order valence-corrected chi connectivity index (χ2v) is 9.18. The quantitative estimate of drug-likeness (QED) is 0.659. The molecule has 4 rings (SSSR count). The van der Waals surface area contributed by atoms with Crippen molar-refractivity contribution in [2.75, 3.05) is 56.0 Å². The maximum Gasteiger partial charge on any atom is 0.243 e. The molecule has 8 nitrogen and oxygen atoms in total. The summed E-state index contributed by atoms with van der Waals surface area (Å²) in [5.41, 5.74) is 3.82. The van der Waals surface area contributed by atoms with E-state index in [0.29, 0.717) is 31.9 Å². The average molecular weight is 482 g/mol. The number of nitrogens with zero attached hydrogens (tertiary/aromatic N) is 3. The SMILES string of the molecule is Cc1ccc(NC(=O)C[C@@H]2C(=O)NCCN2C(=O)CN2CCN(c3ccc(F)cc3)CC2)cc1C. The standard InChI is InChI=1S/C26H32FN5O3/c1-18-3-6-21(15-19(18)2)29-24(33)16-23-26(35)28-9-10-32(23)25(34)17-30-11-13-31(14-12-30)22-7-4-20(27)5-8-22/h3-8,15,23H,9-14,16-17H2,1-2H3,(H,28,35)(H,29,33)/t23-/m1/s1. The number of hydrogen-bond donors (Lipinski definition) is 2. The number of carbonyl (C=O) groups is 3. The van der Waals surface area contributed by atoms with Crippen LogP contribution in [0.1, 0.15) is 17.5 Å². The topological polar surface area (TPSA) is 85.0 Å². The summed E-state index contributed by atoms with van der Waals surface area (Å²) in [6.07, 6.45) is -0.0944. The molecule has 2 aromatic rings. The Morgan fingerprint density at radius 1 is 1.00 bits per heavy atom. The summed E-state index contributed by atoms with van der Waals surface area (Å²) >= 11 is 0. The number of rotatable bonds is 6. The van der Waals surface area contributed by atoms with Crippen molar-refractivity contribution in [2.24, 2.45) is 0 Å². The minimum Gasteiger partial charge on any atom is -0.369 e. The summed E-state index contributed by atoms with van der Waals surface area (Å²) in [5, 5.41) is 5.62. The Bertz CT molecular complexity index is 1080. The molecule has 186 valence electrons. The molecule has 2 heterocycles. The Balaban J connectivity index is 1.32. The zero-order chi connectivity index (χ0) is 24.9. The number of anilines is 2. The van der Waals surface area contributed by atoms with E-state index in [-0.39, 0.29) is 36.5 Å². The van der Waals surface area contributed by atoms with Gasteiger partial charge in [-0.2, -0.15) is 0 Å². The van der Waals surface area contributed by atoms with Gasteiger partial charge < -0.3 is 20.4 Å². The summed E-state index contributed by atoms with van der Waals surface area (Å²) < 4.78 is 13.2. The molecule has 0 bridgehead atoms. The highest BCUT2D eigenvalue weighted by Crippen LogP contribution is 2.19. The van der Waals surface area contributed by atoms with Gasteiger partial charge in [-0.15, -0.1) is 0 Å². The van der Waals surface area contributed by atoms with Crippen molar-refractivity contribution < 1.29 is 18.8 Å². The van der Waals surface area contributed by atoms with E-state index in [1.165, 1.54) is 17.0 Å². The molecular formula is C26H32FN5O3. The molecule has 2 N–H and O–H groups in total. The summed E-state index contributed by atoms with van der Waals surface area (Å²) in [6.45, 7) is 7.73. The number of piperazine rings is 2. The Kier molecular flexibility index (Phi) is 7.65. The second kappa shape index (κ2) is 10.9. The van der Waals surface area contributed by atoms with Gasteiger partial charge >= 0.3 is 0 Å². The van der Waals surface area contributed by atoms with Gasteiger partial charge in [0.15, 0.2) is 0 Å². The number of carbonyl (C=O) groups excluding carboxylic acids is 3. The van der Waals surface area contributed by atoms with Crippen molar-refractivity contribution in [2.45, 2.75) is 26.3 Å². The first-order valence-electron chi connectivity index (χ1n) is 12.0. The highest BCUT2D eigenvalue weighted by Gasteiger charge is 2.35. The molecule has 0 aromatic heterocycles. The van der Waals surface area contributed by atoms with Gasteiger partial charge in [0, 0.05) is 50.6 Å². The van der Waals surface area contributed by atoms with Crippen LogP contribution in [0.3, 0.4) is 0 Å². The molecule has 35 heavy (non-hydrogen) atoms. The summed E-state index contributed by atoms with van der Waals surface area (Å²) in [4.78, 5) is 44.2.